The third-order valence-electron chi connectivity index (χ3n) is 7.22. The highest BCUT2D eigenvalue weighted by Gasteiger charge is 2.37. The number of carbonyl (C=O) groups is 4. The molecule has 0 unspecified atom stereocenters. The third-order valence-corrected chi connectivity index (χ3v) is 7.22. The van der Waals surface area contributed by atoms with Gasteiger partial charge in [-0.25, -0.2) is 4.79 Å². The topological polar surface area (TPSA) is 108 Å². The zero-order chi connectivity index (χ0) is 29.8. The molecule has 1 fully saturated rings. The fourth-order valence-electron chi connectivity index (χ4n) is 5.28. The van der Waals surface area contributed by atoms with Gasteiger partial charge >= 0.3 is 6.09 Å². The standard InChI is InChI=1S/C30H46N4O6/c1-9-21-16-25-24(33(27(36)20(5)39-25)15-13-31-26(35)10-2)17-23(21)28(37)34(19(3)4)22-12-11-14-32(18-22)29(38)40-30(6,7)8/h16-17,19-20,22H,9-15,18H2,1-8H3,(H,31,35)/t20-,22-/m1/s1. The summed E-state index contributed by atoms with van der Waals surface area (Å²) in [7, 11) is 0. The molecule has 40 heavy (non-hydrogen) atoms. The Morgan fingerprint density at radius 2 is 1.90 bits per heavy atom. The van der Waals surface area contributed by atoms with Crippen LogP contribution in [0.4, 0.5) is 10.5 Å². The van der Waals surface area contributed by atoms with Gasteiger partial charge in [0.25, 0.3) is 11.8 Å². The van der Waals surface area contributed by atoms with E-state index in [9.17, 15) is 19.2 Å². The Hall–Kier alpha value is -3.30. The molecule has 1 aromatic rings. The predicted octanol–water partition coefficient (Wildman–Crippen LogP) is 4.14. The predicted molar refractivity (Wildman–Crippen MR) is 154 cm³/mol. The summed E-state index contributed by atoms with van der Waals surface area (Å²) < 4.78 is 11.5. The van der Waals surface area contributed by atoms with E-state index in [1.165, 1.54) is 0 Å². The number of carbonyl (C=O) groups excluding carboxylic acids is 4. The van der Waals surface area contributed by atoms with Crippen LogP contribution in [0.15, 0.2) is 12.1 Å². The summed E-state index contributed by atoms with van der Waals surface area (Å²) in [6.45, 7) is 16.5. The van der Waals surface area contributed by atoms with E-state index in [0.717, 1.165) is 18.4 Å². The van der Waals surface area contributed by atoms with E-state index in [4.69, 9.17) is 9.47 Å². The molecule has 1 N–H and O–H groups in total. The molecule has 3 rings (SSSR count). The zero-order valence-corrected chi connectivity index (χ0v) is 25.3. The van der Waals surface area contributed by atoms with Crippen LogP contribution in [0.3, 0.4) is 0 Å². The van der Waals surface area contributed by atoms with E-state index in [1.807, 2.05) is 52.5 Å². The number of benzene rings is 1. The van der Waals surface area contributed by atoms with Crippen LogP contribution in [-0.4, -0.2) is 83.6 Å². The molecular weight excluding hydrogens is 512 g/mol. The van der Waals surface area contributed by atoms with Crippen LogP contribution in [0.25, 0.3) is 0 Å². The summed E-state index contributed by atoms with van der Waals surface area (Å²) in [5.41, 5.74) is 1.27. The van der Waals surface area contributed by atoms with E-state index in [2.05, 4.69) is 5.32 Å². The van der Waals surface area contributed by atoms with Gasteiger partial charge in [-0.2, -0.15) is 0 Å². The lowest BCUT2D eigenvalue weighted by atomic mass is 9.97. The Morgan fingerprint density at radius 1 is 1.20 bits per heavy atom. The van der Waals surface area contributed by atoms with Gasteiger partial charge in [-0.1, -0.05) is 13.8 Å². The number of fused-ring (bicyclic) bond motifs is 1. The molecule has 10 heteroatoms. The molecule has 10 nitrogen and oxygen atoms in total. The molecule has 2 atom stereocenters. The maximum absolute atomic E-state index is 14.2. The van der Waals surface area contributed by atoms with Crippen molar-refractivity contribution >= 4 is 29.5 Å². The van der Waals surface area contributed by atoms with Crippen LogP contribution in [0.5, 0.6) is 5.75 Å². The van der Waals surface area contributed by atoms with Crippen molar-refractivity contribution in [2.75, 3.05) is 31.1 Å². The number of piperidine rings is 1. The SMILES string of the molecule is CCC(=O)NCCN1C(=O)[C@@H](C)Oc2cc(CC)c(C(=O)N(C(C)C)[C@@H]3CCCN(C(=O)OC(C)(C)C)C3)cc21. The number of likely N-dealkylation sites (tertiary alicyclic amines) is 1. The Balaban J connectivity index is 1.93. The Labute approximate surface area is 238 Å². The first-order valence-corrected chi connectivity index (χ1v) is 14.5. The third kappa shape index (κ3) is 7.26. The maximum atomic E-state index is 14.2. The smallest absolute Gasteiger partial charge is 0.410 e. The van der Waals surface area contributed by atoms with E-state index in [-0.39, 0.29) is 42.4 Å². The molecule has 222 valence electrons. The number of nitrogens with one attached hydrogen (secondary N) is 1. The number of ether oxygens (including phenoxy) is 2. The normalized spacial score (nSPS) is 19.2. The molecule has 2 aliphatic heterocycles. The Morgan fingerprint density at radius 3 is 2.50 bits per heavy atom. The van der Waals surface area contributed by atoms with Crippen molar-refractivity contribution in [2.45, 2.75) is 105 Å². The summed E-state index contributed by atoms with van der Waals surface area (Å²) in [5, 5.41) is 2.82. The van der Waals surface area contributed by atoms with Crippen LogP contribution in [0, 0.1) is 0 Å². The van der Waals surface area contributed by atoms with Crippen molar-refractivity contribution in [3.63, 3.8) is 0 Å². The first-order valence-electron chi connectivity index (χ1n) is 14.5. The van der Waals surface area contributed by atoms with Crippen LogP contribution < -0.4 is 15.0 Å². The lowest BCUT2D eigenvalue weighted by Crippen LogP contribution is -2.54. The van der Waals surface area contributed by atoms with Gasteiger partial charge in [-0.15, -0.1) is 0 Å². The monoisotopic (exact) mass is 558 g/mol. The van der Waals surface area contributed by atoms with Crippen LogP contribution >= 0.6 is 0 Å². The maximum Gasteiger partial charge on any atom is 0.410 e. The van der Waals surface area contributed by atoms with Gasteiger partial charge in [0, 0.05) is 44.2 Å². The highest BCUT2D eigenvalue weighted by atomic mass is 16.6. The minimum absolute atomic E-state index is 0.0911. The molecule has 1 saturated heterocycles. The first-order chi connectivity index (χ1) is 18.8. The number of rotatable bonds is 8. The Kier molecular flexibility index (Phi) is 10.1. The van der Waals surface area contributed by atoms with Crippen LogP contribution in [-0.2, 0) is 20.7 Å². The summed E-state index contributed by atoms with van der Waals surface area (Å²) in [6.07, 6.45) is 1.47. The minimum Gasteiger partial charge on any atom is -0.479 e. The van der Waals surface area contributed by atoms with E-state index in [1.54, 1.807) is 29.7 Å². The molecule has 0 radical (unpaired) electrons. The van der Waals surface area contributed by atoms with E-state index >= 15 is 0 Å². The van der Waals surface area contributed by atoms with Crippen molar-refractivity contribution in [3.05, 3.63) is 23.3 Å². The fraction of sp³-hybridized carbons (Fsp3) is 0.667. The Bertz CT molecular complexity index is 1110. The van der Waals surface area contributed by atoms with Gasteiger partial charge in [0.2, 0.25) is 5.91 Å². The second-order valence-corrected chi connectivity index (χ2v) is 11.8. The largest absolute Gasteiger partial charge is 0.479 e. The lowest BCUT2D eigenvalue weighted by Gasteiger charge is -2.42. The molecular formula is C30H46N4O6. The highest BCUT2D eigenvalue weighted by Crippen LogP contribution is 2.38. The summed E-state index contributed by atoms with van der Waals surface area (Å²) in [4.78, 5) is 57.1. The second-order valence-electron chi connectivity index (χ2n) is 11.8. The molecule has 1 aromatic carbocycles. The minimum atomic E-state index is -0.672. The number of nitrogens with zero attached hydrogens (tertiary/aromatic N) is 3. The van der Waals surface area contributed by atoms with Gasteiger partial charge in [0.05, 0.1) is 11.7 Å². The van der Waals surface area contributed by atoms with Gasteiger partial charge in [0.15, 0.2) is 6.10 Å². The summed E-state index contributed by atoms with van der Waals surface area (Å²) in [5.74, 6) is 0.0942. The highest BCUT2D eigenvalue weighted by molar-refractivity contribution is 6.03. The fourth-order valence-corrected chi connectivity index (χ4v) is 5.28. The van der Waals surface area contributed by atoms with Gasteiger partial charge in [-0.05, 0) is 78.5 Å². The van der Waals surface area contributed by atoms with Crippen molar-refractivity contribution in [1.82, 2.24) is 15.1 Å². The van der Waals surface area contributed by atoms with Crippen molar-refractivity contribution in [1.29, 1.82) is 0 Å². The molecule has 2 heterocycles. The number of aryl methyl sites for hydroxylation is 1. The molecule has 0 saturated carbocycles. The summed E-state index contributed by atoms with van der Waals surface area (Å²) >= 11 is 0. The van der Waals surface area contributed by atoms with Gasteiger partial charge in [-0.3, -0.25) is 14.4 Å². The number of anilines is 1. The molecule has 0 spiro atoms. The average Bonchev–Trinajstić information content (AvgIpc) is 2.89. The van der Waals surface area contributed by atoms with Gasteiger partial charge < -0.3 is 29.5 Å². The van der Waals surface area contributed by atoms with Crippen molar-refractivity contribution in [2.24, 2.45) is 0 Å². The molecule has 0 aliphatic carbocycles. The number of hydrogen-bond donors (Lipinski definition) is 1. The van der Waals surface area contributed by atoms with E-state index < -0.39 is 11.7 Å². The summed E-state index contributed by atoms with van der Waals surface area (Å²) in [6, 6.07) is 3.32. The van der Waals surface area contributed by atoms with Crippen molar-refractivity contribution < 1.29 is 28.7 Å². The number of amides is 4. The zero-order valence-electron chi connectivity index (χ0n) is 25.3. The average molecular weight is 559 g/mol. The second kappa shape index (κ2) is 12.9. The van der Waals surface area contributed by atoms with E-state index in [0.29, 0.717) is 49.5 Å². The molecule has 4 amide bonds. The molecule has 2 aliphatic rings. The van der Waals surface area contributed by atoms with Crippen LogP contribution in [0.2, 0.25) is 0 Å². The molecule has 0 aromatic heterocycles. The lowest BCUT2D eigenvalue weighted by molar-refractivity contribution is -0.126. The van der Waals surface area contributed by atoms with Crippen molar-refractivity contribution in [3.8, 4) is 5.75 Å². The number of hydrogen-bond acceptors (Lipinski definition) is 6. The van der Waals surface area contributed by atoms with Crippen LogP contribution in [0.1, 0.15) is 90.6 Å². The molecule has 0 bridgehead atoms. The quantitative estimate of drug-likeness (QED) is 0.514. The van der Waals surface area contributed by atoms with Gasteiger partial charge in [0.1, 0.15) is 11.4 Å². The first kappa shape index (κ1) is 31.2.